The van der Waals surface area contributed by atoms with Crippen molar-refractivity contribution in [1.82, 2.24) is 10.2 Å². The van der Waals surface area contributed by atoms with Crippen LogP contribution in [0, 0.1) is 5.82 Å². The Bertz CT molecular complexity index is 493. The summed E-state index contributed by atoms with van der Waals surface area (Å²) in [7, 11) is 0. The van der Waals surface area contributed by atoms with Crippen molar-refractivity contribution >= 4 is 11.8 Å². The van der Waals surface area contributed by atoms with E-state index in [9.17, 15) is 14.0 Å². The Morgan fingerprint density at radius 3 is 2.84 bits per heavy atom. The lowest BCUT2D eigenvalue weighted by Gasteiger charge is -2.34. The third kappa shape index (κ3) is 3.08. The second kappa shape index (κ2) is 5.79. The van der Waals surface area contributed by atoms with Gasteiger partial charge in [0.25, 0.3) is 0 Å². The normalized spacial score (nSPS) is 19.2. The third-order valence-electron chi connectivity index (χ3n) is 3.19. The summed E-state index contributed by atoms with van der Waals surface area (Å²) >= 11 is 0. The van der Waals surface area contributed by atoms with Gasteiger partial charge in [0.1, 0.15) is 11.9 Å². The second-order valence-corrected chi connectivity index (χ2v) is 4.48. The van der Waals surface area contributed by atoms with Crippen LogP contribution in [0.4, 0.5) is 4.39 Å². The number of hydrogen-bond acceptors (Lipinski definition) is 3. The van der Waals surface area contributed by atoms with E-state index in [1.165, 1.54) is 11.0 Å². The van der Waals surface area contributed by atoms with E-state index in [-0.39, 0.29) is 12.3 Å². The minimum absolute atomic E-state index is 0.0591. The maximum Gasteiger partial charge on any atom is 0.241 e. The Morgan fingerprint density at radius 2 is 2.16 bits per heavy atom. The number of nitrogens with one attached hydrogen (secondary N) is 1. The van der Waals surface area contributed by atoms with Gasteiger partial charge in [-0.2, -0.15) is 0 Å². The molecule has 0 aromatic heterocycles. The first-order valence-electron chi connectivity index (χ1n) is 6.12. The van der Waals surface area contributed by atoms with Crippen molar-refractivity contribution in [2.75, 3.05) is 19.6 Å². The molecule has 1 aliphatic heterocycles. The number of piperazine rings is 1. The van der Waals surface area contributed by atoms with Crippen LogP contribution in [0.2, 0.25) is 0 Å². The molecule has 3 N–H and O–H groups in total. The van der Waals surface area contributed by atoms with Crippen LogP contribution in [0.3, 0.4) is 0 Å². The molecule has 0 aliphatic carbocycles. The fourth-order valence-corrected chi connectivity index (χ4v) is 2.16. The van der Waals surface area contributed by atoms with Gasteiger partial charge in [-0.1, -0.05) is 18.2 Å². The van der Waals surface area contributed by atoms with Gasteiger partial charge in [-0.05, 0) is 11.6 Å². The van der Waals surface area contributed by atoms with E-state index in [1.807, 2.05) is 0 Å². The molecule has 1 unspecified atom stereocenters. The van der Waals surface area contributed by atoms with Crippen LogP contribution < -0.4 is 11.1 Å². The van der Waals surface area contributed by atoms with E-state index in [0.717, 1.165) is 0 Å². The van der Waals surface area contributed by atoms with Crippen molar-refractivity contribution in [3.63, 3.8) is 0 Å². The van der Waals surface area contributed by atoms with Crippen molar-refractivity contribution < 1.29 is 14.0 Å². The maximum atomic E-state index is 13.5. The van der Waals surface area contributed by atoms with Crippen LogP contribution in [0.25, 0.3) is 0 Å². The summed E-state index contributed by atoms with van der Waals surface area (Å²) in [6.45, 7) is 1.35. The first kappa shape index (κ1) is 13.5. The lowest BCUT2D eigenvalue weighted by molar-refractivity contribution is -0.139. The smallest absolute Gasteiger partial charge is 0.241 e. The van der Waals surface area contributed by atoms with Gasteiger partial charge in [-0.3, -0.25) is 9.59 Å². The van der Waals surface area contributed by atoms with Crippen molar-refractivity contribution in [2.24, 2.45) is 5.73 Å². The topological polar surface area (TPSA) is 75.4 Å². The Labute approximate surface area is 110 Å². The number of carbonyl (C=O) groups excluding carboxylic acids is 2. The molecule has 1 heterocycles. The number of amides is 2. The minimum atomic E-state index is -0.659. The number of benzene rings is 1. The molecule has 1 aromatic carbocycles. The first-order chi connectivity index (χ1) is 9.09. The zero-order valence-corrected chi connectivity index (χ0v) is 10.4. The highest BCUT2D eigenvalue weighted by molar-refractivity contribution is 5.88. The molecule has 2 amide bonds. The van der Waals surface area contributed by atoms with Crippen molar-refractivity contribution in [3.8, 4) is 0 Å². The van der Waals surface area contributed by atoms with E-state index in [2.05, 4.69) is 5.32 Å². The zero-order chi connectivity index (χ0) is 13.8. The monoisotopic (exact) mass is 265 g/mol. The second-order valence-electron chi connectivity index (χ2n) is 4.48. The van der Waals surface area contributed by atoms with E-state index >= 15 is 0 Å². The minimum Gasteiger partial charge on any atom is -0.368 e. The molecule has 0 bridgehead atoms. The van der Waals surface area contributed by atoms with E-state index in [4.69, 9.17) is 5.73 Å². The van der Waals surface area contributed by atoms with E-state index in [0.29, 0.717) is 25.2 Å². The summed E-state index contributed by atoms with van der Waals surface area (Å²) in [4.78, 5) is 24.9. The van der Waals surface area contributed by atoms with Gasteiger partial charge in [-0.15, -0.1) is 0 Å². The largest absolute Gasteiger partial charge is 0.368 e. The Kier molecular flexibility index (Phi) is 4.11. The van der Waals surface area contributed by atoms with Gasteiger partial charge in [-0.25, -0.2) is 4.39 Å². The average molecular weight is 265 g/mol. The number of nitrogens with zero attached hydrogens (tertiary/aromatic N) is 1. The van der Waals surface area contributed by atoms with Crippen LogP contribution in [0.5, 0.6) is 0 Å². The average Bonchev–Trinajstić information content (AvgIpc) is 2.41. The predicted octanol–water partition coefficient (Wildman–Crippen LogP) is -0.346. The quantitative estimate of drug-likeness (QED) is 0.784. The van der Waals surface area contributed by atoms with Crippen LogP contribution in [0.15, 0.2) is 24.3 Å². The van der Waals surface area contributed by atoms with Gasteiger partial charge < -0.3 is 16.0 Å². The number of primary amides is 1. The molecule has 5 nitrogen and oxygen atoms in total. The summed E-state index contributed by atoms with van der Waals surface area (Å²) in [5, 5.41) is 3.01. The van der Waals surface area contributed by atoms with Gasteiger partial charge in [0, 0.05) is 19.6 Å². The number of carbonyl (C=O) groups is 2. The summed E-state index contributed by atoms with van der Waals surface area (Å²) in [5.74, 6) is -1.24. The molecule has 1 saturated heterocycles. The molecule has 19 heavy (non-hydrogen) atoms. The molecule has 1 aromatic rings. The number of hydrogen-bond donors (Lipinski definition) is 2. The maximum absolute atomic E-state index is 13.5. The van der Waals surface area contributed by atoms with Crippen LogP contribution >= 0.6 is 0 Å². The summed E-state index contributed by atoms with van der Waals surface area (Å²) in [6.07, 6.45) is -0.0591. The summed E-state index contributed by atoms with van der Waals surface area (Å²) in [6, 6.07) is 5.46. The highest BCUT2D eigenvalue weighted by Crippen LogP contribution is 2.11. The molecule has 1 aliphatic rings. The molecule has 1 fully saturated rings. The number of halogens is 1. The molecule has 6 heteroatoms. The Balaban J connectivity index is 2.10. The van der Waals surface area contributed by atoms with Crippen LogP contribution in [-0.4, -0.2) is 42.4 Å². The van der Waals surface area contributed by atoms with Crippen molar-refractivity contribution in [1.29, 1.82) is 0 Å². The highest BCUT2D eigenvalue weighted by atomic mass is 19.1. The van der Waals surface area contributed by atoms with Gasteiger partial charge >= 0.3 is 0 Å². The van der Waals surface area contributed by atoms with Crippen LogP contribution in [-0.2, 0) is 16.0 Å². The zero-order valence-electron chi connectivity index (χ0n) is 10.4. The molecule has 102 valence electrons. The van der Waals surface area contributed by atoms with E-state index in [1.54, 1.807) is 18.2 Å². The van der Waals surface area contributed by atoms with Crippen molar-refractivity contribution in [3.05, 3.63) is 35.6 Å². The first-order valence-corrected chi connectivity index (χ1v) is 6.12. The van der Waals surface area contributed by atoms with Gasteiger partial charge in [0.2, 0.25) is 11.8 Å². The molecule has 0 saturated carbocycles. The SMILES string of the molecule is NC(=O)C1CNCCN1C(=O)Cc1ccccc1F. The Morgan fingerprint density at radius 1 is 1.42 bits per heavy atom. The molecule has 1 atom stereocenters. The number of nitrogens with two attached hydrogens (primary N) is 1. The molecular weight excluding hydrogens is 249 g/mol. The highest BCUT2D eigenvalue weighted by Gasteiger charge is 2.30. The molecule has 2 rings (SSSR count). The summed E-state index contributed by atoms with van der Waals surface area (Å²) in [5.41, 5.74) is 5.60. The third-order valence-corrected chi connectivity index (χ3v) is 3.19. The van der Waals surface area contributed by atoms with Gasteiger partial charge in [0.15, 0.2) is 0 Å². The standard InChI is InChI=1S/C13H16FN3O2/c14-10-4-2-1-3-9(10)7-12(18)17-6-5-16-8-11(17)13(15)19/h1-4,11,16H,5-8H2,(H2,15,19). The fraction of sp³-hybridized carbons (Fsp3) is 0.385. The summed E-state index contributed by atoms with van der Waals surface area (Å²) < 4.78 is 13.5. The fourth-order valence-electron chi connectivity index (χ4n) is 2.16. The predicted molar refractivity (Wildman–Crippen MR) is 67.7 cm³/mol. The molecule has 0 spiro atoms. The molecule has 0 radical (unpaired) electrons. The lowest BCUT2D eigenvalue weighted by atomic mass is 10.1. The van der Waals surface area contributed by atoms with Crippen molar-refractivity contribution in [2.45, 2.75) is 12.5 Å². The Hall–Kier alpha value is -1.95. The molecular formula is C13H16FN3O2. The van der Waals surface area contributed by atoms with Gasteiger partial charge in [0.05, 0.1) is 6.42 Å². The lowest BCUT2D eigenvalue weighted by Crippen LogP contribution is -2.59. The number of rotatable bonds is 3. The van der Waals surface area contributed by atoms with Crippen LogP contribution in [0.1, 0.15) is 5.56 Å². The van der Waals surface area contributed by atoms with E-state index < -0.39 is 17.8 Å².